The molecule has 0 unspecified atom stereocenters. The lowest BCUT2D eigenvalue weighted by Gasteiger charge is -2.17. The first kappa shape index (κ1) is 12.7. The zero-order chi connectivity index (χ0) is 13.7. The van der Waals surface area contributed by atoms with Crippen LogP contribution in [0.25, 0.3) is 0 Å². The molecule has 0 fully saturated rings. The van der Waals surface area contributed by atoms with Crippen LogP contribution in [0.5, 0.6) is 0 Å². The average molecular weight is 249 g/mol. The van der Waals surface area contributed by atoms with Crippen molar-refractivity contribution in [3.63, 3.8) is 0 Å². The van der Waals surface area contributed by atoms with E-state index in [0.29, 0.717) is 17.9 Å². The summed E-state index contributed by atoms with van der Waals surface area (Å²) in [5, 5.41) is 14.0. The molecule has 18 heavy (non-hydrogen) atoms. The summed E-state index contributed by atoms with van der Waals surface area (Å²) in [4.78, 5) is 13.4. The number of carbonyl (C=O) groups excluding carboxylic acids is 1. The second-order valence-electron chi connectivity index (χ2n) is 5.78. The van der Waals surface area contributed by atoms with Crippen LogP contribution in [0.1, 0.15) is 33.4 Å². The number of aliphatic hydroxyl groups excluding tert-OH is 1. The Kier molecular flexibility index (Phi) is 2.72. The number of carbonyl (C=O) groups is 1. The first-order valence-corrected chi connectivity index (χ1v) is 5.97. The molecular formula is C13H19N3O2. The fourth-order valence-electron chi connectivity index (χ4n) is 2.17. The van der Waals surface area contributed by atoms with Crippen molar-refractivity contribution in [2.45, 2.75) is 33.1 Å². The van der Waals surface area contributed by atoms with Crippen LogP contribution in [0.3, 0.4) is 0 Å². The molecule has 2 rings (SSSR count). The van der Waals surface area contributed by atoms with Crippen LogP contribution in [0.4, 0.5) is 5.82 Å². The minimum absolute atomic E-state index is 0.0344. The summed E-state index contributed by atoms with van der Waals surface area (Å²) in [6.45, 7) is 8.45. The van der Waals surface area contributed by atoms with E-state index in [-0.39, 0.29) is 17.1 Å². The number of aromatic nitrogens is 2. The summed E-state index contributed by atoms with van der Waals surface area (Å²) >= 11 is 0. The van der Waals surface area contributed by atoms with Gasteiger partial charge >= 0.3 is 0 Å². The van der Waals surface area contributed by atoms with Crippen molar-refractivity contribution in [3.05, 3.63) is 23.1 Å². The summed E-state index contributed by atoms with van der Waals surface area (Å²) in [7, 11) is 1.87. The van der Waals surface area contributed by atoms with Gasteiger partial charge in [-0.05, 0) is 12.5 Å². The lowest BCUT2D eigenvalue weighted by Crippen LogP contribution is -2.27. The van der Waals surface area contributed by atoms with Gasteiger partial charge in [0.2, 0.25) is 0 Å². The molecule has 1 aliphatic rings. The molecule has 0 radical (unpaired) electrons. The second-order valence-corrected chi connectivity index (χ2v) is 5.78. The molecule has 0 atom stereocenters. The fraction of sp³-hybridized carbons (Fsp3) is 0.538. The average Bonchev–Trinajstić information content (AvgIpc) is 2.74. The Hall–Kier alpha value is -1.78. The third-order valence-corrected chi connectivity index (χ3v) is 3.16. The maximum Gasteiger partial charge on any atom is 0.294 e. The Morgan fingerprint density at radius 2 is 2.00 bits per heavy atom. The standard InChI is InChI=1S/C13H19N3O2/c1-8-7-16(12(18)11(8)17)10-6-9(13(2,3)4)15(5)14-10/h6,17H,7H2,1-5H3. The SMILES string of the molecule is CC1=C(O)C(=O)N(c2cc(C(C)(C)C)n(C)n2)C1. The maximum atomic E-state index is 11.9. The molecule has 1 N–H and O–H groups in total. The molecule has 0 saturated heterocycles. The highest BCUT2D eigenvalue weighted by Crippen LogP contribution is 2.28. The number of hydrogen-bond acceptors (Lipinski definition) is 3. The molecule has 1 aromatic rings. The van der Waals surface area contributed by atoms with Crippen LogP contribution in [0, 0.1) is 0 Å². The molecule has 2 heterocycles. The first-order valence-electron chi connectivity index (χ1n) is 5.97. The van der Waals surface area contributed by atoms with E-state index in [4.69, 9.17) is 0 Å². The van der Waals surface area contributed by atoms with Crippen molar-refractivity contribution in [1.82, 2.24) is 9.78 Å². The minimum Gasteiger partial charge on any atom is -0.503 e. The Balaban J connectivity index is 2.36. The number of amides is 1. The van der Waals surface area contributed by atoms with E-state index in [1.165, 1.54) is 4.90 Å². The van der Waals surface area contributed by atoms with Crippen molar-refractivity contribution in [2.75, 3.05) is 11.4 Å². The van der Waals surface area contributed by atoms with Crippen molar-refractivity contribution in [2.24, 2.45) is 7.05 Å². The van der Waals surface area contributed by atoms with Crippen LogP contribution in [0.15, 0.2) is 17.4 Å². The molecule has 0 bridgehead atoms. The summed E-state index contributed by atoms with van der Waals surface area (Å²) < 4.78 is 1.79. The van der Waals surface area contributed by atoms with E-state index in [2.05, 4.69) is 25.9 Å². The van der Waals surface area contributed by atoms with Crippen LogP contribution < -0.4 is 4.90 Å². The first-order chi connectivity index (χ1) is 8.21. The summed E-state index contributed by atoms with van der Waals surface area (Å²) in [6.07, 6.45) is 0. The van der Waals surface area contributed by atoms with E-state index in [1.807, 2.05) is 13.1 Å². The van der Waals surface area contributed by atoms with Crippen LogP contribution in [-0.2, 0) is 17.3 Å². The highest BCUT2D eigenvalue weighted by atomic mass is 16.3. The summed E-state index contributed by atoms with van der Waals surface area (Å²) in [5.74, 6) is 0.0693. The van der Waals surface area contributed by atoms with Gasteiger partial charge in [-0.3, -0.25) is 14.4 Å². The highest BCUT2D eigenvalue weighted by molar-refractivity contribution is 6.06. The van der Waals surface area contributed by atoms with Gasteiger partial charge in [0.05, 0.1) is 6.54 Å². The normalized spacial score (nSPS) is 16.9. The highest BCUT2D eigenvalue weighted by Gasteiger charge is 2.32. The maximum absolute atomic E-state index is 11.9. The number of hydrogen-bond donors (Lipinski definition) is 1. The van der Waals surface area contributed by atoms with E-state index >= 15 is 0 Å². The fourth-order valence-corrected chi connectivity index (χ4v) is 2.17. The Morgan fingerprint density at radius 1 is 1.39 bits per heavy atom. The summed E-state index contributed by atoms with van der Waals surface area (Å²) in [6, 6.07) is 1.91. The molecule has 1 aromatic heterocycles. The smallest absolute Gasteiger partial charge is 0.294 e. The van der Waals surface area contributed by atoms with Crippen molar-refractivity contribution >= 4 is 11.7 Å². The number of rotatable bonds is 1. The quantitative estimate of drug-likeness (QED) is 0.827. The largest absolute Gasteiger partial charge is 0.503 e. The Bertz CT molecular complexity index is 535. The van der Waals surface area contributed by atoms with Gasteiger partial charge in [0.15, 0.2) is 11.6 Å². The zero-order valence-electron chi connectivity index (χ0n) is 11.5. The predicted octanol–water partition coefficient (Wildman–Crippen LogP) is 1.90. The van der Waals surface area contributed by atoms with Gasteiger partial charge < -0.3 is 5.11 Å². The number of anilines is 1. The van der Waals surface area contributed by atoms with Crippen LogP contribution in [0.2, 0.25) is 0 Å². The number of aryl methyl sites for hydroxylation is 1. The van der Waals surface area contributed by atoms with Gasteiger partial charge in [0.1, 0.15) is 0 Å². The molecule has 0 spiro atoms. The van der Waals surface area contributed by atoms with Gasteiger partial charge in [-0.15, -0.1) is 0 Å². The molecule has 0 aliphatic carbocycles. The lowest BCUT2D eigenvalue weighted by molar-refractivity contribution is -0.116. The molecule has 0 saturated carbocycles. The minimum atomic E-state index is -0.369. The third kappa shape index (κ3) is 1.89. The molecule has 5 nitrogen and oxygen atoms in total. The molecule has 98 valence electrons. The van der Waals surface area contributed by atoms with Crippen LogP contribution >= 0.6 is 0 Å². The van der Waals surface area contributed by atoms with Crippen molar-refractivity contribution < 1.29 is 9.90 Å². The van der Waals surface area contributed by atoms with Gasteiger partial charge in [0.25, 0.3) is 5.91 Å². The second kappa shape index (κ2) is 3.86. The van der Waals surface area contributed by atoms with Gasteiger partial charge in [-0.2, -0.15) is 5.10 Å². The predicted molar refractivity (Wildman–Crippen MR) is 69.6 cm³/mol. The van der Waals surface area contributed by atoms with Gasteiger partial charge in [0, 0.05) is 24.2 Å². The number of aliphatic hydroxyl groups is 1. The van der Waals surface area contributed by atoms with Crippen molar-refractivity contribution in [3.8, 4) is 0 Å². The molecule has 1 aliphatic heterocycles. The van der Waals surface area contributed by atoms with E-state index in [0.717, 1.165) is 5.69 Å². The van der Waals surface area contributed by atoms with E-state index in [9.17, 15) is 9.90 Å². The monoisotopic (exact) mass is 249 g/mol. The van der Waals surface area contributed by atoms with Gasteiger partial charge in [-0.25, -0.2) is 0 Å². The summed E-state index contributed by atoms with van der Waals surface area (Å²) in [5.41, 5.74) is 1.70. The number of nitrogens with zero attached hydrogens (tertiary/aromatic N) is 3. The lowest BCUT2D eigenvalue weighted by atomic mass is 9.92. The molecule has 1 amide bonds. The molecular weight excluding hydrogens is 230 g/mol. The van der Waals surface area contributed by atoms with E-state index < -0.39 is 0 Å². The van der Waals surface area contributed by atoms with E-state index in [1.54, 1.807) is 11.6 Å². The third-order valence-electron chi connectivity index (χ3n) is 3.16. The zero-order valence-corrected chi connectivity index (χ0v) is 11.5. The van der Waals surface area contributed by atoms with Gasteiger partial charge in [-0.1, -0.05) is 20.8 Å². The van der Waals surface area contributed by atoms with Crippen LogP contribution in [-0.4, -0.2) is 27.3 Å². The topological polar surface area (TPSA) is 58.4 Å². The molecule has 5 heteroatoms. The van der Waals surface area contributed by atoms with Crippen molar-refractivity contribution in [1.29, 1.82) is 0 Å². The molecule has 0 aromatic carbocycles. The Morgan fingerprint density at radius 3 is 2.39 bits per heavy atom. The Labute approximate surface area is 107 Å².